The number of carbonyl (C=O) groups excluding carboxylic acids is 2. The summed E-state index contributed by atoms with van der Waals surface area (Å²) in [4.78, 5) is 28.4. The topological polar surface area (TPSA) is 61.9 Å². The van der Waals surface area contributed by atoms with E-state index in [1.807, 2.05) is 4.90 Å². The fourth-order valence-corrected chi connectivity index (χ4v) is 3.62. The number of hydrogen-bond acceptors (Lipinski definition) is 4. The van der Waals surface area contributed by atoms with Gasteiger partial charge in [0, 0.05) is 26.6 Å². The number of carbonyl (C=O) groups is 2. The molecule has 1 N–H and O–H groups in total. The number of amides is 2. The molecule has 6 nitrogen and oxygen atoms in total. The molecule has 3 fully saturated rings. The third-order valence-electron chi connectivity index (χ3n) is 5.27. The number of nitrogens with one attached hydrogen (secondary N) is 1. The molecule has 0 bridgehead atoms. The summed E-state index contributed by atoms with van der Waals surface area (Å²) in [5, 5.41) is 2.75. The third-order valence-corrected chi connectivity index (χ3v) is 5.27. The maximum Gasteiger partial charge on any atom is 0.239 e. The number of rotatable bonds is 6. The highest BCUT2D eigenvalue weighted by Crippen LogP contribution is 2.35. The average molecular weight is 323 g/mol. The average Bonchev–Trinajstić information content (AvgIpc) is 3.33. The first-order valence-electron chi connectivity index (χ1n) is 8.94. The quantitative estimate of drug-likeness (QED) is 0.778. The number of likely N-dealkylation sites (tertiary alicyclic amines) is 1. The molecule has 1 aliphatic carbocycles. The molecule has 2 aliphatic heterocycles. The van der Waals surface area contributed by atoms with E-state index in [1.165, 1.54) is 12.8 Å². The van der Waals surface area contributed by atoms with Crippen LogP contribution >= 0.6 is 0 Å². The highest BCUT2D eigenvalue weighted by molar-refractivity contribution is 5.82. The third kappa shape index (κ3) is 3.69. The number of morpholine rings is 1. The number of unbranched alkanes of at least 4 members (excludes halogenated alkanes) is 1. The fraction of sp³-hybridized carbons (Fsp3) is 0.882. The molecular formula is C17H29N3O3. The van der Waals surface area contributed by atoms with Gasteiger partial charge in [-0.25, -0.2) is 0 Å². The van der Waals surface area contributed by atoms with E-state index in [0.29, 0.717) is 26.1 Å². The molecule has 2 heterocycles. The molecule has 1 spiro atoms. The lowest BCUT2D eigenvalue weighted by Crippen LogP contribution is -2.73. The Kier molecular flexibility index (Phi) is 4.92. The Hall–Kier alpha value is -1.14. The smallest absolute Gasteiger partial charge is 0.239 e. The zero-order chi connectivity index (χ0) is 16.4. The van der Waals surface area contributed by atoms with E-state index < -0.39 is 0 Å². The first-order valence-corrected chi connectivity index (χ1v) is 8.94. The second kappa shape index (κ2) is 6.77. The number of hydrogen-bond donors (Lipinski definition) is 1. The Labute approximate surface area is 138 Å². The van der Waals surface area contributed by atoms with Crippen molar-refractivity contribution in [3.8, 4) is 0 Å². The van der Waals surface area contributed by atoms with Crippen LogP contribution in [0.15, 0.2) is 0 Å². The molecule has 0 unspecified atom stereocenters. The summed E-state index contributed by atoms with van der Waals surface area (Å²) in [6.45, 7) is 5.63. The second-order valence-electron chi connectivity index (χ2n) is 7.35. The molecule has 1 saturated carbocycles. The van der Waals surface area contributed by atoms with E-state index in [0.717, 1.165) is 31.8 Å². The molecule has 0 aromatic carbocycles. The Bertz CT molecular complexity index is 458. The molecule has 23 heavy (non-hydrogen) atoms. The molecule has 130 valence electrons. The van der Waals surface area contributed by atoms with Crippen molar-refractivity contribution in [2.75, 3.05) is 39.8 Å². The van der Waals surface area contributed by atoms with Gasteiger partial charge in [-0.15, -0.1) is 0 Å². The molecule has 0 aromatic heterocycles. The Morgan fingerprint density at radius 3 is 2.61 bits per heavy atom. The maximum atomic E-state index is 12.1. The predicted molar refractivity (Wildman–Crippen MR) is 86.9 cm³/mol. The predicted octanol–water partition coefficient (Wildman–Crippen LogP) is 0.614. The van der Waals surface area contributed by atoms with Crippen molar-refractivity contribution < 1.29 is 14.3 Å². The standard InChI is InChI=1S/C17H29N3O3/c1-3-4-5-15(21)20-11-17(12-20)10-19(8-13-6-7-13)14(9-23-17)16(22)18-2/h13-14H,3-12H2,1-2H3,(H,18,22)/t14-/m1/s1. The van der Waals surface area contributed by atoms with E-state index in [9.17, 15) is 9.59 Å². The van der Waals surface area contributed by atoms with Crippen molar-refractivity contribution >= 4 is 11.8 Å². The van der Waals surface area contributed by atoms with Crippen LogP contribution in [-0.2, 0) is 14.3 Å². The van der Waals surface area contributed by atoms with Crippen molar-refractivity contribution in [3.05, 3.63) is 0 Å². The van der Waals surface area contributed by atoms with Crippen molar-refractivity contribution in [1.29, 1.82) is 0 Å². The van der Waals surface area contributed by atoms with Crippen LogP contribution in [0.1, 0.15) is 39.0 Å². The Balaban J connectivity index is 1.56. The van der Waals surface area contributed by atoms with Gasteiger partial charge in [0.1, 0.15) is 11.6 Å². The maximum absolute atomic E-state index is 12.1. The van der Waals surface area contributed by atoms with Gasteiger partial charge in [0.15, 0.2) is 0 Å². The van der Waals surface area contributed by atoms with Gasteiger partial charge in [-0.05, 0) is 25.2 Å². The summed E-state index contributed by atoms with van der Waals surface area (Å²) in [6, 6.07) is -0.184. The van der Waals surface area contributed by atoms with Gasteiger partial charge in [0.2, 0.25) is 11.8 Å². The van der Waals surface area contributed by atoms with Gasteiger partial charge in [-0.1, -0.05) is 13.3 Å². The molecule has 3 aliphatic rings. The highest BCUT2D eigenvalue weighted by atomic mass is 16.5. The van der Waals surface area contributed by atoms with Crippen LogP contribution in [-0.4, -0.2) is 73.1 Å². The van der Waals surface area contributed by atoms with Crippen molar-refractivity contribution in [2.24, 2.45) is 5.92 Å². The summed E-state index contributed by atoms with van der Waals surface area (Å²) >= 11 is 0. The Morgan fingerprint density at radius 2 is 2.00 bits per heavy atom. The van der Waals surface area contributed by atoms with Crippen LogP contribution in [0.2, 0.25) is 0 Å². The Morgan fingerprint density at radius 1 is 1.26 bits per heavy atom. The van der Waals surface area contributed by atoms with Gasteiger partial charge in [-0.2, -0.15) is 0 Å². The molecule has 6 heteroatoms. The highest BCUT2D eigenvalue weighted by Gasteiger charge is 2.52. The number of ether oxygens (including phenoxy) is 1. The van der Waals surface area contributed by atoms with Crippen LogP contribution in [0.3, 0.4) is 0 Å². The van der Waals surface area contributed by atoms with E-state index in [4.69, 9.17) is 4.74 Å². The van der Waals surface area contributed by atoms with Crippen LogP contribution in [0.4, 0.5) is 0 Å². The van der Waals surface area contributed by atoms with Crippen LogP contribution in [0.5, 0.6) is 0 Å². The van der Waals surface area contributed by atoms with E-state index in [1.54, 1.807) is 7.05 Å². The zero-order valence-electron chi connectivity index (χ0n) is 14.3. The van der Waals surface area contributed by atoms with E-state index in [-0.39, 0.29) is 23.5 Å². The zero-order valence-corrected chi connectivity index (χ0v) is 14.3. The lowest BCUT2D eigenvalue weighted by molar-refractivity contribution is -0.204. The molecule has 2 amide bonds. The van der Waals surface area contributed by atoms with Crippen molar-refractivity contribution in [3.63, 3.8) is 0 Å². The summed E-state index contributed by atoms with van der Waals surface area (Å²) in [5.74, 6) is 1.01. The fourth-order valence-electron chi connectivity index (χ4n) is 3.62. The number of likely N-dealkylation sites (N-methyl/N-ethyl adjacent to an activating group) is 1. The lowest BCUT2D eigenvalue weighted by Gasteiger charge is -2.55. The minimum atomic E-state index is -0.249. The van der Waals surface area contributed by atoms with Gasteiger partial charge >= 0.3 is 0 Å². The second-order valence-corrected chi connectivity index (χ2v) is 7.35. The normalized spacial score (nSPS) is 26.9. The van der Waals surface area contributed by atoms with Crippen LogP contribution in [0.25, 0.3) is 0 Å². The van der Waals surface area contributed by atoms with E-state index in [2.05, 4.69) is 17.1 Å². The summed E-state index contributed by atoms with van der Waals surface area (Å²) < 4.78 is 6.06. The monoisotopic (exact) mass is 323 g/mol. The van der Waals surface area contributed by atoms with Crippen molar-refractivity contribution in [2.45, 2.75) is 50.7 Å². The van der Waals surface area contributed by atoms with Gasteiger partial charge in [-0.3, -0.25) is 14.5 Å². The SMILES string of the molecule is CCCCC(=O)N1CC2(C1)CN(CC1CC1)[C@@H](C(=O)NC)CO2. The van der Waals surface area contributed by atoms with Crippen LogP contribution < -0.4 is 5.32 Å². The largest absolute Gasteiger partial charge is 0.368 e. The van der Waals surface area contributed by atoms with Gasteiger partial charge in [0.05, 0.1) is 19.7 Å². The summed E-state index contributed by atoms with van der Waals surface area (Å²) in [7, 11) is 1.68. The summed E-state index contributed by atoms with van der Waals surface area (Å²) in [6.07, 6.45) is 5.18. The molecule has 2 saturated heterocycles. The molecule has 0 aromatic rings. The molecule has 1 atom stereocenters. The van der Waals surface area contributed by atoms with Crippen molar-refractivity contribution in [1.82, 2.24) is 15.1 Å². The summed E-state index contributed by atoms with van der Waals surface area (Å²) in [5.41, 5.74) is -0.249. The minimum absolute atomic E-state index is 0.0377. The molecule has 0 radical (unpaired) electrons. The first kappa shape index (κ1) is 16.7. The molecule has 3 rings (SSSR count). The minimum Gasteiger partial charge on any atom is -0.368 e. The van der Waals surface area contributed by atoms with E-state index >= 15 is 0 Å². The number of nitrogens with zero attached hydrogens (tertiary/aromatic N) is 2. The molecular weight excluding hydrogens is 294 g/mol. The van der Waals surface area contributed by atoms with Gasteiger partial charge in [0.25, 0.3) is 0 Å². The van der Waals surface area contributed by atoms with Gasteiger partial charge < -0.3 is 15.0 Å². The first-order chi connectivity index (χ1) is 11.1. The van der Waals surface area contributed by atoms with Crippen LogP contribution in [0, 0.1) is 5.92 Å². The lowest BCUT2D eigenvalue weighted by atomic mass is 9.89.